The van der Waals surface area contributed by atoms with Gasteiger partial charge in [0.2, 0.25) is 0 Å². The van der Waals surface area contributed by atoms with Crippen LogP contribution in [0.1, 0.15) is 41.5 Å². The van der Waals surface area contributed by atoms with Gasteiger partial charge in [0.1, 0.15) is 6.69 Å². The first-order valence-corrected chi connectivity index (χ1v) is 10.8. The van der Waals surface area contributed by atoms with Crippen molar-refractivity contribution in [3.63, 3.8) is 0 Å². The van der Waals surface area contributed by atoms with E-state index in [2.05, 4.69) is 56.8 Å². The van der Waals surface area contributed by atoms with Crippen molar-refractivity contribution in [2.24, 2.45) is 17.8 Å². The van der Waals surface area contributed by atoms with Gasteiger partial charge in [0.25, 0.3) is 0 Å². The minimum atomic E-state index is -1.13. The van der Waals surface area contributed by atoms with Gasteiger partial charge in [-0.25, -0.2) is 0 Å². The van der Waals surface area contributed by atoms with Crippen molar-refractivity contribution in [3.8, 4) is 0 Å². The topological polar surface area (TPSA) is 0 Å². The summed E-state index contributed by atoms with van der Waals surface area (Å²) in [6.07, 6.45) is 0. The molecule has 0 nitrogen and oxygen atoms in total. The lowest BCUT2D eigenvalue weighted by molar-refractivity contribution is 0.656. The summed E-state index contributed by atoms with van der Waals surface area (Å²) in [6.45, 7) is 13.0. The third-order valence-electron chi connectivity index (χ3n) is 2.32. The molecule has 0 heterocycles. The highest BCUT2D eigenvalue weighted by atomic mass is 79.9. The van der Waals surface area contributed by atoms with Gasteiger partial charge in [-0.05, 0) is 35.9 Å². The van der Waals surface area contributed by atoms with Crippen LogP contribution >= 0.6 is 15.3 Å². The Labute approximate surface area is 99.5 Å². The second-order valence-corrected chi connectivity index (χ2v) is 14.5. The molecule has 0 radical (unpaired) electrons. The first kappa shape index (κ1) is 14.7. The van der Waals surface area contributed by atoms with Gasteiger partial charge in [0.05, 0.1) is 0 Å². The van der Waals surface area contributed by atoms with Crippen LogP contribution in [0.5, 0.6) is 0 Å². The second-order valence-electron chi connectivity index (χ2n) is 5.94. The van der Waals surface area contributed by atoms with E-state index in [0.29, 0.717) is 0 Å². The highest BCUT2D eigenvalue weighted by molar-refractivity contribution is 9.26. The molecule has 0 fully saturated rings. The maximum Gasteiger partial charge on any atom is 0.131 e. The van der Waals surface area contributed by atoms with Gasteiger partial charge >= 0.3 is 0 Å². The number of hydrogen-bond donors (Lipinski definition) is 0. The predicted molar refractivity (Wildman–Crippen MR) is 73.6 cm³/mol. The van der Waals surface area contributed by atoms with Crippen molar-refractivity contribution < 1.29 is 0 Å². The average molecular weight is 279 g/mol. The van der Waals surface area contributed by atoms with E-state index < -0.39 is 6.69 Å². The molecule has 0 unspecified atom stereocenters. The fourth-order valence-electron chi connectivity index (χ4n) is 2.44. The number of hydrogen-bond acceptors (Lipinski definition) is 0. The summed E-state index contributed by atoms with van der Waals surface area (Å²) in [7, 11) is 0. The molecule has 2 heteroatoms. The smallest absolute Gasteiger partial charge is 0.126 e. The summed E-state index contributed by atoms with van der Waals surface area (Å²) >= 11 is 4.13. The lowest BCUT2D eigenvalue weighted by atomic mass is 10.3. The van der Waals surface area contributed by atoms with Crippen molar-refractivity contribution in [2.75, 3.05) is 0 Å². The van der Waals surface area contributed by atoms with Gasteiger partial charge in [-0.2, -0.15) is 0 Å². The Bertz CT molecular complexity index is 126. The van der Waals surface area contributed by atoms with Crippen LogP contribution in [-0.2, 0) is 0 Å². The molecule has 0 aliphatic heterocycles. The molecule has 0 aromatic rings. The molecule has 0 aliphatic rings. The van der Waals surface area contributed by atoms with Crippen LogP contribution in [0.15, 0.2) is 0 Å². The summed E-state index contributed by atoms with van der Waals surface area (Å²) in [5.41, 5.74) is 0. The standard InChI is InChI=1S/C12H27BrSi/c1-10(2)7-14(13,8-11(3)4)9-12(5)6/h10-12H,7-9H2,1-6H3. The molecule has 0 amide bonds. The maximum absolute atomic E-state index is 4.13. The van der Waals surface area contributed by atoms with E-state index in [-0.39, 0.29) is 0 Å². The molecule has 86 valence electrons. The molecular weight excluding hydrogens is 252 g/mol. The van der Waals surface area contributed by atoms with Crippen molar-refractivity contribution in [1.29, 1.82) is 0 Å². The highest BCUT2D eigenvalue weighted by Gasteiger charge is 2.32. The fraction of sp³-hybridized carbons (Fsp3) is 1.00. The van der Waals surface area contributed by atoms with E-state index in [9.17, 15) is 0 Å². The average Bonchev–Trinajstić information content (AvgIpc) is 1.76. The molecular formula is C12H27BrSi. The van der Waals surface area contributed by atoms with E-state index in [1.807, 2.05) is 0 Å². The quantitative estimate of drug-likeness (QED) is 0.457. The Morgan fingerprint density at radius 2 is 0.929 bits per heavy atom. The monoisotopic (exact) mass is 278 g/mol. The van der Waals surface area contributed by atoms with Crippen LogP contribution in [0, 0.1) is 17.8 Å². The molecule has 0 aromatic heterocycles. The van der Waals surface area contributed by atoms with E-state index in [1.165, 1.54) is 18.1 Å². The predicted octanol–water partition coefficient (Wildman–Crippen LogP) is 5.29. The zero-order valence-electron chi connectivity index (χ0n) is 10.7. The van der Waals surface area contributed by atoms with Crippen molar-refractivity contribution in [1.82, 2.24) is 0 Å². The molecule has 0 aliphatic carbocycles. The molecule has 0 rings (SSSR count). The SMILES string of the molecule is CC(C)C[Si](Br)(CC(C)C)CC(C)C. The Hall–Kier alpha value is 0.697. The molecule has 0 saturated heterocycles. The van der Waals surface area contributed by atoms with Gasteiger partial charge in [-0.15, -0.1) is 15.3 Å². The molecule has 0 spiro atoms. The number of halogens is 1. The number of rotatable bonds is 6. The maximum atomic E-state index is 4.13. The van der Waals surface area contributed by atoms with E-state index in [4.69, 9.17) is 0 Å². The Kier molecular flexibility index (Phi) is 6.63. The zero-order chi connectivity index (χ0) is 11.4. The van der Waals surface area contributed by atoms with Gasteiger partial charge in [0.15, 0.2) is 0 Å². The van der Waals surface area contributed by atoms with E-state index >= 15 is 0 Å². The van der Waals surface area contributed by atoms with Crippen LogP contribution in [0.25, 0.3) is 0 Å². The largest absolute Gasteiger partial charge is 0.131 e. The zero-order valence-corrected chi connectivity index (χ0v) is 13.3. The Balaban J connectivity index is 4.32. The summed E-state index contributed by atoms with van der Waals surface area (Å²) in [5, 5.41) is 0. The fourth-order valence-corrected chi connectivity index (χ4v) is 13.2. The normalized spacial score (nSPS) is 13.3. The van der Waals surface area contributed by atoms with E-state index in [1.54, 1.807) is 0 Å². The van der Waals surface area contributed by atoms with Crippen LogP contribution in [0.2, 0.25) is 18.1 Å². The lowest BCUT2D eigenvalue weighted by Crippen LogP contribution is -2.31. The van der Waals surface area contributed by atoms with Crippen molar-refractivity contribution in [3.05, 3.63) is 0 Å². The van der Waals surface area contributed by atoms with Crippen molar-refractivity contribution in [2.45, 2.75) is 59.7 Å². The van der Waals surface area contributed by atoms with Gasteiger partial charge in [-0.1, -0.05) is 41.5 Å². The van der Waals surface area contributed by atoms with Gasteiger partial charge in [0, 0.05) is 0 Å². The minimum Gasteiger partial charge on any atom is -0.126 e. The van der Waals surface area contributed by atoms with E-state index in [0.717, 1.165) is 17.8 Å². The molecule has 14 heavy (non-hydrogen) atoms. The first-order valence-electron chi connectivity index (χ1n) is 5.94. The summed E-state index contributed by atoms with van der Waals surface area (Å²) in [4.78, 5) is 0. The Morgan fingerprint density at radius 1 is 0.714 bits per heavy atom. The van der Waals surface area contributed by atoms with Crippen LogP contribution in [0.3, 0.4) is 0 Å². The first-order chi connectivity index (χ1) is 6.25. The lowest BCUT2D eigenvalue weighted by Gasteiger charge is -2.30. The van der Waals surface area contributed by atoms with Gasteiger partial charge in [-0.3, -0.25) is 0 Å². The summed E-state index contributed by atoms with van der Waals surface area (Å²) in [6, 6.07) is 4.30. The highest BCUT2D eigenvalue weighted by Crippen LogP contribution is 2.36. The molecule has 0 aromatic carbocycles. The molecule has 0 saturated carbocycles. The minimum absolute atomic E-state index is 0.846. The van der Waals surface area contributed by atoms with Crippen LogP contribution < -0.4 is 0 Å². The molecule has 0 N–H and O–H groups in total. The summed E-state index contributed by atoms with van der Waals surface area (Å²) < 4.78 is 0. The van der Waals surface area contributed by atoms with Gasteiger partial charge < -0.3 is 0 Å². The van der Waals surface area contributed by atoms with Crippen LogP contribution in [-0.4, -0.2) is 6.69 Å². The summed E-state index contributed by atoms with van der Waals surface area (Å²) in [5.74, 6) is 2.54. The third kappa shape index (κ3) is 7.05. The molecule has 0 atom stereocenters. The van der Waals surface area contributed by atoms with Crippen molar-refractivity contribution >= 4 is 22.0 Å². The van der Waals surface area contributed by atoms with Crippen LogP contribution in [0.4, 0.5) is 0 Å². The Morgan fingerprint density at radius 3 is 1.07 bits per heavy atom. The molecule has 0 bridgehead atoms. The third-order valence-corrected chi connectivity index (χ3v) is 9.88. The second kappa shape index (κ2) is 6.32.